The van der Waals surface area contributed by atoms with Gasteiger partial charge in [0.05, 0.1) is 16.8 Å². The van der Waals surface area contributed by atoms with Gasteiger partial charge in [0.2, 0.25) is 0 Å². The molecule has 6 heteroatoms. The van der Waals surface area contributed by atoms with Gasteiger partial charge in [-0.2, -0.15) is 0 Å². The van der Waals surface area contributed by atoms with Crippen LogP contribution in [0.4, 0.5) is 11.4 Å². The van der Waals surface area contributed by atoms with Gasteiger partial charge in [-0.3, -0.25) is 4.79 Å². The number of carboxylic acid groups (broad SMARTS) is 1. The number of aliphatic carboxylic acids is 1. The molecule has 4 fully saturated rings. The Bertz CT molecular complexity index is 1060. The van der Waals surface area contributed by atoms with E-state index in [4.69, 9.17) is 11.5 Å². The number of anilines is 2. The van der Waals surface area contributed by atoms with E-state index < -0.39 is 16.8 Å². The lowest BCUT2D eigenvalue weighted by atomic mass is 9.30. The first-order chi connectivity index (χ1) is 14.4. The maximum Gasteiger partial charge on any atom is 0.309 e. The van der Waals surface area contributed by atoms with Crippen LogP contribution in [0.3, 0.4) is 0 Å². The summed E-state index contributed by atoms with van der Waals surface area (Å²) in [4.78, 5) is 12.5. The third-order valence-electron chi connectivity index (χ3n) is 8.67. The molecule has 0 radical (unpaired) electrons. The van der Waals surface area contributed by atoms with Gasteiger partial charge in [-0.05, 0) is 84.2 Å². The van der Waals surface area contributed by atoms with Gasteiger partial charge in [-0.15, -0.1) is 0 Å². The second-order valence-electron chi connectivity index (χ2n) is 10.9. The van der Waals surface area contributed by atoms with Crippen molar-refractivity contribution >= 4 is 17.3 Å². The van der Waals surface area contributed by atoms with Crippen LogP contribution < -0.4 is 11.5 Å². The zero-order chi connectivity index (χ0) is 22.4. The number of phenolic OH excluding ortho intramolecular Hbond substituents is 2. The van der Waals surface area contributed by atoms with Crippen LogP contribution in [-0.2, 0) is 10.2 Å². The first-order valence-corrected chi connectivity index (χ1v) is 10.9. The Labute approximate surface area is 181 Å². The maximum atomic E-state index is 12.5. The summed E-state index contributed by atoms with van der Waals surface area (Å²) in [6.45, 7) is 4.44. The predicted octanol–water partition coefficient (Wildman–Crippen LogP) is 4.24. The molecule has 4 atom stereocenters. The van der Waals surface area contributed by atoms with Gasteiger partial charge in [0.25, 0.3) is 0 Å². The van der Waals surface area contributed by atoms with Crippen LogP contribution in [0.1, 0.15) is 57.1 Å². The molecule has 6 nitrogen and oxygen atoms in total. The standard InChI is InChI=1S/C25H30N2O4/c1-22-9-16-10-24(12-22,21(30)31)13-23(2,11-22)25(16,14-3-5-19(28)17(26)7-14)15-4-6-20(29)18(27)8-15/h3-8,16,28-29H,9-13,26-27H2,1-2H3,(H,30,31). The highest BCUT2D eigenvalue weighted by molar-refractivity contribution is 5.76. The maximum absolute atomic E-state index is 12.5. The first kappa shape index (κ1) is 20.0. The largest absolute Gasteiger partial charge is 0.506 e. The van der Waals surface area contributed by atoms with Crippen LogP contribution in [-0.4, -0.2) is 21.3 Å². The van der Waals surface area contributed by atoms with Crippen molar-refractivity contribution in [3.63, 3.8) is 0 Å². The molecule has 0 saturated heterocycles. The van der Waals surface area contributed by atoms with E-state index in [0.717, 1.165) is 24.0 Å². The molecule has 0 aromatic heterocycles. The number of carbonyl (C=O) groups is 1. The minimum atomic E-state index is -0.723. The SMILES string of the molecule is CC12CC3CC(C(=O)O)(C1)CC(C)(C2)C3(c1ccc(O)c(N)c1)c1ccc(O)c(N)c1. The molecule has 31 heavy (non-hydrogen) atoms. The van der Waals surface area contributed by atoms with Crippen molar-refractivity contribution in [1.29, 1.82) is 0 Å². The molecular formula is C25H30N2O4. The van der Waals surface area contributed by atoms with Crippen molar-refractivity contribution < 1.29 is 20.1 Å². The molecule has 164 valence electrons. The number of nitrogens with two attached hydrogens (primary N) is 2. The van der Waals surface area contributed by atoms with E-state index in [1.807, 2.05) is 24.3 Å². The quantitative estimate of drug-likeness (QED) is 0.372. The lowest BCUT2D eigenvalue weighted by Gasteiger charge is -2.72. The van der Waals surface area contributed by atoms with E-state index in [0.29, 0.717) is 30.6 Å². The lowest BCUT2D eigenvalue weighted by molar-refractivity contribution is -0.206. The highest BCUT2D eigenvalue weighted by Gasteiger charge is 2.73. The van der Waals surface area contributed by atoms with E-state index in [9.17, 15) is 20.1 Å². The first-order valence-electron chi connectivity index (χ1n) is 10.9. The molecule has 2 aromatic rings. The minimum Gasteiger partial charge on any atom is -0.506 e. The van der Waals surface area contributed by atoms with E-state index in [1.54, 1.807) is 12.1 Å². The summed E-state index contributed by atoms with van der Waals surface area (Å²) in [5.74, 6) is -0.555. The molecular weight excluding hydrogens is 392 g/mol. The minimum absolute atomic E-state index is 0.0343. The number of nitrogen functional groups attached to an aromatic ring is 2. The lowest BCUT2D eigenvalue weighted by Crippen LogP contribution is -2.68. The smallest absolute Gasteiger partial charge is 0.309 e. The molecule has 6 rings (SSSR count). The molecule has 4 aliphatic carbocycles. The third-order valence-corrected chi connectivity index (χ3v) is 8.67. The second-order valence-corrected chi connectivity index (χ2v) is 10.9. The van der Waals surface area contributed by atoms with Gasteiger partial charge >= 0.3 is 5.97 Å². The Hall–Kier alpha value is -2.89. The number of hydrogen-bond donors (Lipinski definition) is 5. The van der Waals surface area contributed by atoms with Crippen molar-refractivity contribution in [3.05, 3.63) is 47.5 Å². The fraction of sp³-hybridized carbons (Fsp3) is 0.480. The van der Waals surface area contributed by atoms with Gasteiger partial charge in [0.15, 0.2) is 0 Å². The van der Waals surface area contributed by atoms with Gasteiger partial charge in [0, 0.05) is 5.41 Å². The van der Waals surface area contributed by atoms with E-state index in [1.165, 1.54) is 0 Å². The highest BCUT2D eigenvalue weighted by atomic mass is 16.4. The number of rotatable bonds is 3. The molecule has 4 aliphatic rings. The van der Waals surface area contributed by atoms with Crippen molar-refractivity contribution in [3.8, 4) is 11.5 Å². The van der Waals surface area contributed by atoms with Gasteiger partial charge in [0.1, 0.15) is 11.5 Å². The number of carboxylic acids is 1. The van der Waals surface area contributed by atoms with Gasteiger partial charge in [-0.25, -0.2) is 0 Å². The van der Waals surface area contributed by atoms with E-state index in [-0.39, 0.29) is 28.2 Å². The van der Waals surface area contributed by atoms with Crippen LogP contribution in [0, 0.1) is 22.2 Å². The number of benzene rings is 2. The van der Waals surface area contributed by atoms with Crippen molar-refractivity contribution in [2.45, 2.75) is 51.4 Å². The average molecular weight is 423 g/mol. The summed E-state index contributed by atoms with van der Waals surface area (Å²) in [5, 5.41) is 30.5. The molecule has 0 amide bonds. The Balaban J connectivity index is 1.82. The van der Waals surface area contributed by atoms with Crippen LogP contribution in [0.25, 0.3) is 0 Å². The Morgan fingerprint density at radius 2 is 1.45 bits per heavy atom. The van der Waals surface area contributed by atoms with Gasteiger partial charge in [-0.1, -0.05) is 26.0 Å². The summed E-state index contributed by atoms with van der Waals surface area (Å²) in [6, 6.07) is 10.7. The molecule has 4 unspecified atom stereocenters. The molecule has 0 spiro atoms. The van der Waals surface area contributed by atoms with E-state index >= 15 is 0 Å². The molecule has 7 N–H and O–H groups in total. The fourth-order valence-corrected chi connectivity index (χ4v) is 8.37. The van der Waals surface area contributed by atoms with Crippen LogP contribution in [0.15, 0.2) is 36.4 Å². The fourth-order valence-electron chi connectivity index (χ4n) is 8.37. The second kappa shape index (κ2) is 5.87. The number of aromatic hydroxyl groups is 2. The molecule has 0 heterocycles. The predicted molar refractivity (Wildman–Crippen MR) is 119 cm³/mol. The zero-order valence-electron chi connectivity index (χ0n) is 18.0. The average Bonchev–Trinajstić information content (AvgIpc) is 2.65. The number of hydrogen-bond acceptors (Lipinski definition) is 5. The van der Waals surface area contributed by atoms with Crippen molar-refractivity contribution in [2.75, 3.05) is 11.5 Å². The zero-order valence-corrected chi connectivity index (χ0v) is 18.0. The highest BCUT2D eigenvalue weighted by Crippen LogP contribution is 2.77. The molecule has 4 saturated carbocycles. The Morgan fingerprint density at radius 1 is 0.903 bits per heavy atom. The monoisotopic (exact) mass is 422 g/mol. The van der Waals surface area contributed by atoms with Crippen molar-refractivity contribution in [1.82, 2.24) is 0 Å². The molecule has 0 aliphatic heterocycles. The Kier molecular flexibility index (Phi) is 3.79. The molecule has 4 bridgehead atoms. The van der Waals surface area contributed by atoms with Gasteiger partial charge < -0.3 is 26.8 Å². The summed E-state index contributed by atoms with van der Waals surface area (Å²) >= 11 is 0. The normalized spacial score (nSPS) is 35.2. The van der Waals surface area contributed by atoms with Crippen molar-refractivity contribution in [2.24, 2.45) is 22.2 Å². The van der Waals surface area contributed by atoms with Crippen LogP contribution in [0.5, 0.6) is 11.5 Å². The summed E-state index contributed by atoms with van der Waals surface area (Å²) < 4.78 is 0. The summed E-state index contributed by atoms with van der Waals surface area (Å²) in [7, 11) is 0. The third kappa shape index (κ3) is 2.42. The Morgan fingerprint density at radius 3 is 1.90 bits per heavy atom. The summed E-state index contributed by atoms with van der Waals surface area (Å²) in [6.07, 6.45) is 3.69. The summed E-state index contributed by atoms with van der Waals surface area (Å²) in [5.41, 5.74) is 13.2. The van der Waals surface area contributed by atoms with Crippen LogP contribution >= 0.6 is 0 Å². The topological polar surface area (TPSA) is 130 Å². The number of phenols is 2. The molecule has 2 aromatic carbocycles. The van der Waals surface area contributed by atoms with E-state index in [2.05, 4.69) is 13.8 Å². The van der Waals surface area contributed by atoms with Crippen LogP contribution in [0.2, 0.25) is 0 Å².